The molecule has 2 aromatic rings. The largest absolute Gasteiger partial charge is 0.454 e. The number of fused-ring (bicyclic) bond motifs is 1. The van der Waals surface area contributed by atoms with Crippen molar-refractivity contribution in [3.63, 3.8) is 0 Å². The summed E-state index contributed by atoms with van der Waals surface area (Å²) in [6.07, 6.45) is 1.93. The standard InChI is InChI=1S/C21H26N4O3/c1-3-16(4-2)20-23-17(12-22)21(28-20)25-9-7-24(8-10-25)13-15-5-6-18-19(11-15)27-14-26-18/h5-6,11,16H,3-4,7-10,13-14H2,1-2H3. The summed E-state index contributed by atoms with van der Waals surface area (Å²) in [5.41, 5.74) is 1.62. The van der Waals surface area contributed by atoms with Gasteiger partial charge < -0.3 is 18.8 Å². The molecule has 1 saturated heterocycles. The molecule has 0 spiro atoms. The summed E-state index contributed by atoms with van der Waals surface area (Å²) in [4.78, 5) is 9.00. The molecule has 1 aromatic heterocycles. The van der Waals surface area contributed by atoms with Crippen molar-refractivity contribution in [3.05, 3.63) is 35.3 Å². The SMILES string of the molecule is CCC(CC)c1nc(C#N)c(N2CCN(Cc3ccc4c(c3)OCO4)CC2)o1. The Morgan fingerprint density at radius 3 is 2.57 bits per heavy atom. The topological polar surface area (TPSA) is 74.8 Å². The third-order valence-corrected chi connectivity index (χ3v) is 5.57. The van der Waals surface area contributed by atoms with Crippen LogP contribution in [0.2, 0.25) is 0 Å². The summed E-state index contributed by atoms with van der Waals surface area (Å²) in [6.45, 7) is 8.85. The molecular weight excluding hydrogens is 356 g/mol. The molecule has 7 nitrogen and oxygen atoms in total. The van der Waals surface area contributed by atoms with Gasteiger partial charge in [-0.15, -0.1) is 0 Å². The van der Waals surface area contributed by atoms with E-state index in [2.05, 4.69) is 46.8 Å². The molecule has 7 heteroatoms. The minimum absolute atomic E-state index is 0.271. The first kappa shape index (κ1) is 18.6. The smallest absolute Gasteiger partial charge is 0.234 e. The Hall–Kier alpha value is -2.72. The zero-order valence-electron chi connectivity index (χ0n) is 16.5. The van der Waals surface area contributed by atoms with Crippen LogP contribution in [0.5, 0.6) is 11.5 Å². The van der Waals surface area contributed by atoms with Crippen molar-refractivity contribution in [1.29, 1.82) is 5.26 Å². The fourth-order valence-electron chi connectivity index (χ4n) is 3.83. The summed E-state index contributed by atoms with van der Waals surface area (Å²) in [7, 11) is 0. The van der Waals surface area contributed by atoms with Crippen molar-refractivity contribution in [2.24, 2.45) is 0 Å². The number of aromatic nitrogens is 1. The molecule has 28 heavy (non-hydrogen) atoms. The number of hydrogen-bond acceptors (Lipinski definition) is 7. The lowest BCUT2D eigenvalue weighted by molar-refractivity contribution is 0.174. The van der Waals surface area contributed by atoms with Crippen LogP contribution >= 0.6 is 0 Å². The maximum Gasteiger partial charge on any atom is 0.234 e. The Morgan fingerprint density at radius 2 is 1.86 bits per heavy atom. The van der Waals surface area contributed by atoms with Gasteiger partial charge in [-0.1, -0.05) is 19.9 Å². The Balaban J connectivity index is 1.39. The molecule has 2 aliphatic rings. The van der Waals surface area contributed by atoms with E-state index in [0.717, 1.165) is 57.1 Å². The lowest BCUT2D eigenvalue weighted by Crippen LogP contribution is -2.46. The minimum atomic E-state index is 0.271. The highest BCUT2D eigenvalue weighted by Gasteiger charge is 2.26. The quantitative estimate of drug-likeness (QED) is 0.757. The molecule has 0 bridgehead atoms. The van der Waals surface area contributed by atoms with Crippen LogP contribution in [0.25, 0.3) is 0 Å². The molecule has 0 atom stereocenters. The zero-order valence-corrected chi connectivity index (χ0v) is 16.5. The second-order valence-corrected chi connectivity index (χ2v) is 7.28. The van der Waals surface area contributed by atoms with Gasteiger partial charge in [0.15, 0.2) is 11.5 Å². The highest BCUT2D eigenvalue weighted by Crippen LogP contribution is 2.33. The predicted octanol–water partition coefficient (Wildman–Crippen LogP) is 3.50. The van der Waals surface area contributed by atoms with Crippen molar-refractivity contribution < 1.29 is 13.9 Å². The van der Waals surface area contributed by atoms with Crippen LogP contribution in [0.1, 0.15) is 49.8 Å². The first-order valence-corrected chi connectivity index (χ1v) is 9.98. The molecule has 0 radical (unpaired) electrons. The van der Waals surface area contributed by atoms with Gasteiger partial charge in [0, 0.05) is 38.6 Å². The lowest BCUT2D eigenvalue weighted by Gasteiger charge is -2.34. The monoisotopic (exact) mass is 382 g/mol. The fourth-order valence-corrected chi connectivity index (χ4v) is 3.83. The van der Waals surface area contributed by atoms with Crippen LogP contribution in [0.15, 0.2) is 22.6 Å². The van der Waals surface area contributed by atoms with Crippen LogP contribution in [-0.4, -0.2) is 42.9 Å². The predicted molar refractivity (Wildman–Crippen MR) is 105 cm³/mol. The molecular formula is C21H26N4O3. The molecule has 148 valence electrons. The molecule has 0 saturated carbocycles. The maximum atomic E-state index is 9.48. The van der Waals surface area contributed by atoms with Gasteiger partial charge in [-0.3, -0.25) is 4.90 Å². The van der Waals surface area contributed by atoms with E-state index in [1.165, 1.54) is 5.56 Å². The van der Waals surface area contributed by atoms with Gasteiger partial charge in [0.25, 0.3) is 0 Å². The van der Waals surface area contributed by atoms with Crippen LogP contribution in [0.4, 0.5) is 5.88 Å². The van der Waals surface area contributed by atoms with E-state index in [9.17, 15) is 5.26 Å². The minimum Gasteiger partial charge on any atom is -0.454 e. The Kier molecular flexibility index (Phi) is 5.40. The molecule has 0 aliphatic carbocycles. The van der Waals surface area contributed by atoms with Gasteiger partial charge in [0.05, 0.1) is 0 Å². The van der Waals surface area contributed by atoms with Crippen molar-refractivity contribution in [2.75, 3.05) is 37.9 Å². The Bertz CT molecular complexity index is 861. The highest BCUT2D eigenvalue weighted by molar-refractivity contribution is 5.49. The third kappa shape index (κ3) is 3.65. The number of hydrogen-bond donors (Lipinski definition) is 0. The molecule has 1 fully saturated rings. The van der Waals surface area contributed by atoms with Crippen LogP contribution in [0, 0.1) is 11.3 Å². The van der Waals surface area contributed by atoms with E-state index >= 15 is 0 Å². The van der Waals surface area contributed by atoms with Crippen LogP contribution in [-0.2, 0) is 6.54 Å². The van der Waals surface area contributed by atoms with Gasteiger partial charge in [0.2, 0.25) is 24.3 Å². The summed E-state index contributed by atoms with van der Waals surface area (Å²) >= 11 is 0. The fraction of sp³-hybridized carbons (Fsp3) is 0.524. The molecule has 2 aliphatic heterocycles. The number of anilines is 1. The summed E-state index contributed by atoms with van der Waals surface area (Å²) in [6, 6.07) is 8.32. The number of benzene rings is 1. The zero-order chi connectivity index (χ0) is 19.5. The van der Waals surface area contributed by atoms with Gasteiger partial charge in [-0.05, 0) is 30.5 Å². The second-order valence-electron chi connectivity index (χ2n) is 7.28. The van der Waals surface area contributed by atoms with Crippen molar-refractivity contribution in [2.45, 2.75) is 39.2 Å². The molecule has 0 N–H and O–H groups in total. The summed E-state index contributed by atoms with van der Waals surface area (Å²) in [5, 5.41) is 9.48. The van der Waals surface area contributed by atoms with Gasteiger partial charge in [-0.25, -0.2) is 4.98 Å². The van der Waals surface area contributed by atoms with Crippen molar-refractivity contribution in [3.8, 4) is 17.6 Å². The number of nitriles is 1. The lowest BCUT2D eigenvalue weighted by atomic mass is 10.0. The van der Waals surface area contributed by atoms with Crippen molar-refractivity contribution >= 4 is 5.88 Å². The van der Waals surface area contributed by atoms with Crippen molar-refractivity contribution in [1.82, 2.24) is 9.88 Å². The maximum absolute atomic E-state index is 9.48. The average Bonchev–Trinajstić information content (AvgIpc) is 3.36. The van der Waals surface area contributed by atoms with Gasteiger partial charge in [-0.2, -0.15) is 5.26 Å². The number of oxazole rings is 1. The van der Waals surface area contributed by atoms with E-state index in [4.69, 9.17) is 13.9 Å². The number of rotatable bonds is 6. The molecule has 3 heterocycles. The summed E-state index contributed by atoms with van der Waals surface area (Å²) in [5.74, 6) is 3.24. The third-order valence-electron chi connectivity index (χ3n) is 5.57. The van der Waals surface area contributed by atoms with Crippen LogP contribution < -0.4 is 14.4 Å². The van der Waals surface area contributed by atoms with E-state index in [1.54, 1.807) is 0 Å². The molecule has 4 rings (SSSR count). The molecule has 0 amide bonds. The van der Waals surface area contributed by atoms with E-state index in [-0.39, 0.29) is 5.92 Å². The number of piperazine rings is 1. The summed E-state index contributed by atoms with van der Waals surface area (Å²) < 4.78 is 16.9. The molecule has 0 unspecified atom stereocenters. The first-order chi connectivity index (χ1) is 13.7. The Morgan fingerprint density at radius 1 is 1.11 bits per heavy atom. The van der Waals surface area contributed by atoms with E-state index in [1.807, 2.05) is 6.07 Å². The van der Waals surface area contributed by atoms with Gasteiger partial charge >= 0.3 is 0 Å². The number of ether oxygens (including phenoxy) is 2. The molecule has 1 aromatic carbocycles. The first-order valence-electron chi connectivity index (χ1n) is 9.98. The number of nitrogens with zero attached hydrogens (tertiary/aromatic N) is 4. The second kappa shape index (κ2) is 8.11. The average molecular weight is 382 g/mol. The normalized spacial score (nSPS) is 16.6. The van der Waals surface area contributed by atoms with E-state index in [0.29, 0.717) is 24.3 Å². The van der Waals surface area contributed by atoms with Crippen LogP contribution in [0.3, 0.4) is 0 Å². The van der Waals surface area contributed by atoms with Gasteiger partial charge in [0.1, 0.15) is 6.07 Å². The Labute approximate surface area is 165 Å². The highest BCUT2D eigenvalue weighted by atomic mass is 16.7. The van der Waals surface area contributed by atoms with E-state index < -0.39 is 0 Å².